The number of aromatic nitrogens is 1. The van der Waals surface area contributed by atoms with Crippen molar-refractivity contribution in [2.24, 2.45) is 0 Å². The number of carbonyl (C=O) groups excluding carboxylic acids is 1. The third kappa shape index (κ3) is 4.18. The van der Waals surface area contributed by atoms with Crippen molar-refractivity contribution in [2.75, 3.05) is 26.2 Å². The Labute approximate surface area is 177 Å². The van der Waals surface area contributed by atoms with Crippen molar-refractivity contribution in [1.29, 1.82) is 0 Å². The number of nitro benzene ring substituents is 1. The van der Waals surface area contributed by atoms with Gasteiger partial charge in [0.05, 0.1) is 9.82 Å². The van der Waals surface area contributed by atoms with Crippen LogP contribution in [-0.2, 0) is 10.0 Å². The van der Waals surface area contributed by atoms with E-state index in [0.29, 0.717) is 5.76 Å². The molecular weight excluding hydrogens is 424 g/mol. The second-order valence-corrected chi connectivity index (χ2v) is 8.83. The molecule has 0 bridgehead atoms. The van der Waals surface area contributed by atoms with E-state index in [-0.39, 0.29) is 48.4 Å². The van der Waals surface area contributed by atoms with Crippen LogP contribution in [0, 0.1) is 10.1 Å². The van der Waals surface area contributed by atoms with Crippen LogP contribution >= 0.6 is 0 Å². The second-order valence-electron chi connectivity index (χ2n) is 6.89. The molecule has 0 spiro atoms. The standard InChI is InChI=1S/C20H18N4O6S/c25-20(18-14-19(30-21-18)15-4-2-1-3-5-15)22-10-12-23(13-11-22)31(28,29)17-8-6-16(7-9-17)24(26)27/h1-9,14H,10-13H2. The highest BCUT2D eigenvalue weighted by atomic mass is 32.2. The van der Waals surface area contributed by atoms with Gasteiger partial charge in [0, 0.05) is 49.9 Å². The number of amides is 1. The Bertz CT molecular complexity index is 1200. The SMILES string of the molecule is O=C(c1cc(-c2ccccc2)on1)N1CCN(S(=O)(=O)c2ccc([N+](=O)[O-])cc2)CC1. The molecule has 0 unspecified atom stereocenters. The van der Waals surface area contributed by atoms with Crippen molar-refractivity contribution in [3.05, 3.63) is 76.5 Å². The largest absolute Gasteiger partial charge is 0.355 e. The molecule has 0 saturated carbocycles. The fourth-order valence-electron chi connectivity index (χ4n) is 3.30. The molecule has 11 heteroatoms. The summed E-state index contributed by atoms with van der Waals surface area (Å²) >= 11 is 0. The molecule has 0 atom stereocenters. The first-order valence-corrected chi connectivity index (χ1v) is 10.9. The minimum atomic E-state index is -3.81. The van der Waals surface area contributed by atoms with Crippen molar-refractivity contribution in [2.45, 2.75) is 4.90 Å². The molecule has 1 aliphatic heterocycles. The minimum Gasteiger partial charge on any atom is -0.355 e. The Kier molecular flexibility index (Phi) is 5.53. The molecule has 31 heavy (non-hydrogen) atoms. The number of sulfonamides is 1. The van der Waals surface area contributed by atoms with Gasteiger partial charge in [-0.1, -0.05) is 35.5 Å². The van der Waals surface area contributed by atoms with E-state index in [1.807, 2.05) is 30.3 Å². The number of benzene rings is 2. The van der Waals surface area contributed by atoms with E-state index in [0.717, 1.165) is 17.7 Å². The molecular formula is C20H18N4O6S. The van der Waals surface area contributed by atoms with Gasteiger partial charge in [0.15, 0.2) is 11.5 Å². The van der Waals surface area contributed by atoms with E-state index < -0.39 is 14.9 Å². The number of rotatable bonds is 5. The summed E-state index contributed by atoms with van der Waals surface area (Å²) in [6.45, 7) is 0.597. The van der Waals surface area contributed by atoms with Crippen LogP contribution in [0.25, 0.3) is 11.3 Å². The highest BCUT2D eigenvalue weighted by molar-refractivity contribution is 7.89. The molecule has 1 amide bonds. The first-order chi connectivity index (χ1) is 14.9. The summed E-state index contributed by atoms with van der Waals surface area (Å²) in [5, 5.41) is 14.6. The van der Waals surface area contributed by atoms with Gasteiger partial charge in [0.2, 0.25) is 10.0 Å². The van der Waals surface area contributed by atoms with Gasteiger partial charge in [-0.15, -0.1) is 0 Å². The number of hydrogen-bond acceptors (Lipinski definition) is 7. The highest BCUT2D eigenvalue weighted by Gasteiger charge is 2.31. The van der Waals surface area contributed by atoms with Crippen LogP contribution < -0.4 is 0 Å². The van der Waals surface area contributed by atoms with Gasteiger partial charge in [-0.3, -0.25) is 14.9 Å². The van der Waals surface area contributed by atoms with Gasteiger partial charge < -0.3 is 9.42 Å². The molecule has 3 aromatic rings. The van der Waals surface area contributed by atoms with E-state index in [1.54, 1.807) is 6.07 Å². The minimum absolute atomic E-state index is 0.0260. The Balaban J connectivity index is 1.42. The molecule has 1 aliphatic rings. The van der Waals surface area contributed by atoms with Crippen molar-refractivity contribution >= 4 is 21.6 Å². The van der Waals surface area contributed by atoms with Crippen molar-refractivity contribution in [3.63, 3.8) is 0 Å². The topological polar surface area (TPSA) is 127 Å². The number of piperazine rings is 1. The van der Waals surface area contributed by atoms with E-state index in [2.05, 4.69) is 5.16 Å². The molecule has 4 rings (SSSR count). The van der Waals surface area contributed by atoms with Gasteiger partial charge in [-0.05, 0) is 12.1 Å². The smallest absolute Gasteiger partial charge is 0.276 e. The van der Waals surface area contributed by atoms with Crippen molar-refractivity contribution < 1.29 is 22.7 Å². The third-order valence-electron chi connectivity index (χ3n) is 5.00. The predicted octanol–water partition coefficient (Wildman–Crippen LogP) is 2.40. The van der Waals surface area contributed by atoms with Crippen LogP contribution in [0.3, 0.4) is 0 Å². The Morgan fingerprint density at radius 1 is 1.00 bits per heavy atom. The van der Waals surface area contributed by atoms with Crippen LogP contribution in [0.4, 0.5) is 5.69 Å². The van der Waals surface area contributed by atoms with Crippen molar-refractivity contribution in [3.8, 4) is 11.3 Å². The maximum Gasteiger partial charge on any atom is 0.276 e. The Morgan fingerprint density at radius 3 is 2.26 bits per heavy atom. The molecule has 0 aliphatic carbocycles. The summed E-state index contributed by atoms with van der Waals surface area (Å²) in [6, 6.07) is 15.6. The van der Waals surface area contributed by atoms with Gasteiger partial charge >= 0.3 is 0 Å². The average Bonchev–Trinajstić information content (AvgIpc) is 3.30. The lowest BCUT2D eigenvalue weighted by Gasteiger charge is -2.33. The molecule has 10 nitrogen and oxygen atoms in total. The van der Waals surface area contributed by atoms with E-state index in [4.69, 9.17) is 4.52 Å². The lowest BCUT2D eigenvalue weighted by molar-refractivity contribution is -0.384. The van der Waals surface area contributed by atoms with E-state index in [9.17, 15) is 23.3 Å². The predicted molar refractivity (Wildman–Crippen MR) is 110 cm³/mol. The molecule has 1 fully saturated rings. The quantitative estimate of drug-likeness (QED) is 0.438. The van der Waals surface area contributed by atoms with E-state index in [1.165, 1.54) is 21.3 Å². The number of nitro groups is 1. The summed E-state index contributed by atoms with van der Waals surface area (Å²) in [7, 11) is -3.81. The molecule has 0 N–H and O–H groups in total. The number of nitrogens with zero attached hydrogens (tertiary/aromatic N) is 4. The summed E-state index contributed by atoms with van der Waals surface area (Å²) in [4.78, 5) is 24.4. The van der Waals surface area contributed by atoms with Crippen LogP contribution in [0.5, 0.6) is 0 Å². The maximum absolute atomic E-state index is 12.8. The molecule has 160 valence electrons. The molecule has 0 radical (unpaired) electrons. The van der Waals surface area contributed by atoms with Crippen LogP contribution in [0.15, 0.2) is 70.1 Å². The normalized spacial score (nSPS) is 15.0. The zero-order chi connectivity index (χ0) is 22.0. The molecule has 1 saturated heterocycles. The zero-order valence-electron chi connectivity index (χ0n) is 16.2. The van der Waals surface area contributed by atoms with Gasteiger partial charge in [0.25, 0.3) is 11.6 Å². The number of non-ortho nitro benzene ring substituents is 1. The number of hydrogen-bond donors (Lipinski definition) is 0. The lowest BCUT2D eigenvalue weighted by atomic mass is 10.1. The van der Waals surface area contributed by atoms with Crippen molar-refractivity contribution in [1.82, 2.24) is 14.4 Å². The highest BCUT2D eigenvalue weighted by Crippen LogP contribution is 2.23. The fourth-order valence-corrected chi connectivity index (χ4v) is 4.72. The molecule has 2 aromatic carbocycles. The number of carbonyl (C=O) groups is 1. The average molecular weight is 442 g/mol. The van der Waals surface area contributed by atoms with Gasteiger partial charge in [-0.25, -0.2) is 8.42 Å². The van der Waals surface area contributed by atoms with Crippen LogP contribution in [-0.4, -0.2) is 59.8 Å². The van der Waals surface area contributed by atoms with Gasteiger partial charge in [0.1, 0.15) is 0 Å². The van der Waals surface area contributed by atoms with Crippen LogP contribution in [0.2, 0.25) is 0 Å². The Hall–Kier alpha value is -3.57. The Morgan fingerprint density at radius 2 is 1.65 bits per heavy atom. The summed E-state index contributed by atoms with van der Waals surface area (Å²) < 4.78 is 32.1. The summed E-state index contributed by atoms with van der Waals surface area (Å²) in [5.41, 5.74) is 0.774. The van der Waals surface area contributed by atoms with Crippen LogP contribution in [0.1, 0.15) is 10.5 Å². The maximum atomic E-state index is 12.8. The first kappa shape index (κ1) is 20.7. The first-order valence-electron chi connectivity index (χ1n) is 9.42. The molecule has 2 heterocycles. The monoisotopic (exact) mass is 442 g/mol. The fraction of sp³-hybridized carbons (Fsp3) is 0.200. The zero-order valence-corrected chi connectivity index (χ0v) is 17.1. The lowest BCUT2D eigenvalue weighted by Crippen LogP contribution is -2.50. The summed E-state index contributed by atoms with van der Waals surface area (Å²) in [5.74, 6) is 0.140. The van der Waals surface area contributed by atoms with Gasteiger partial charge in [-0.2, -0.15) is 4.31 Å². The van der Waals surface area contributed by atoms with E-state index >= 15 is 0 Å². The molecule has 1 aromatic heterocycles. The second kappa shape index (κ2) is 8.28. The third-order valence-corrected chi connectivity index (χ3v) is 6.91. The summed E-state index contributed by atoms with van der Waals surface area (Å²) in [6.07, 6.45) is 0.